The molecule has 0 aromatic heterocycles. The molecule has 1 fully saturated rings. The Balaban J connectivity index is 1.97. The summed E-state index contributed by atoms with van der Waals surface area (Å²) in [5.74, 6) is 1.65. The van der Waals surface area contributed by atoms with E-state index in [0.29, 0.717) is 13.2 Å². The van der Waals surface area contributed by atoms with Crippen LogP contribution in [0.1, 0.15) is 31.7 Å². The summed E-state index contributed by atoms with van der Waals surface area (Å²) in [6.07, 6.45) is 5.31. The molecule has 0 heterocycles. The van der Waals surface area contributed by atoms with Crippen molar-refractivity contribution < 1.29 is 9.47 Å². The van der Waals surface area contributed by atoms with Crippen molar-refractivity contribution in [1.29, 1.82) is 0 Å². The van der Waals surface area contributed by atoms with E-state index in [1.165, 1.54) is 18.4 Å². The van der Waals surface area contributed by atoms with Gasteiger partial charge in [-0.05, 0) is 43.9 Å². The molecule has 1 aromatic rings. The standard InChI is InChI=1S/C16H23NO2/c1-3-5-10-19-15-9-6-13(11-16(15)18-4-2)12-17-14-7-8-14/h3,6,9,11,14,17H,1,4-5,7-8,10,12H2,2H3. The van der Waals surface area contributed by atoms with Crippen LogP contribution in [-0.4, -0.2) is 19.3 Å². The second-order valence-corrected chi connectivity index (χ2v) is 4.80. The molecule has 1 aliphatic rings. The number of rotatable bonds is 9. The minimum atomic E-state index is 0.642. The fraction of sp³-hybridized carbons (Fsp3) is 0.500. The normalized spacial score (nSPS) is 14.2. The van der Waals surface area contributed by atoms with Crippen molar-refractivity contribution in [2.24, 2.45) is 0 Å². The first kappa shape index (κ1) is 13.9. The van der Waals surface area contributed by atoms with E-state index in [9.17, 15) is 0 Å². The van der Waals surface area contributed by atoms with Crippen LogP contribution >= 0.6 is 0 Å². The Hall–Kier alpha value is -1.48. The molecule has 0 aliphatic heterocycles. The van der Waals surface area contributed by atoms with Crippen LogP contribution in [-0.2, 0) is 6.54 Å². The van der Waals surface area contributed by atoms with Crippen LogP contribution in [0.4, 0.5) is 0 Å². The molecule has 1 N–H and O–H groups in total. The molecule has 1 saturated carbocycles. The average Bonchev–Trinajstić information content (AvgIpc) is 3.23. The lowest BCUT2D eigenvalue weighted by Gasteiger charge is -2.13. The van der Waals surface area contributed by atoms with Gasteiger partial charge in [-0.2, -0.15) is 0 Å². The summed E-state index contributed by atoms with van der Waals surface area (Å²) in [7, 11) is 0. The summed E-state index contributed by atoms with van der Waals surface area (Å²) >= 11 is 0. The van der Waals surface area contributed by atoms with Gasteiger partial charge in [-0.1, -0.05) is 12.1 Å². The van der Waals surface area contributed by atoms with Crippen molar-refractivity contribution in [2.75, 3.05) is 13.2 Å². The molecular formula is C16H23NO2. The summed E-state index contributed by atoms with van der Waals surface area (Å²) in [6, 6.07) is 6.89. The molecule has 0 radical (unpaired) electrons. The molecule has 1 aromatic carbocycles. The van der Waals surface area contributed by atoms with Crippen LogP contribution in [0.5, 0.6) is 11.5 Å². The van der Waals surface area contributed by atoms with Crippen LogP contribution in [0, 0.1) is 0 Å². The lowest BCUT2D eigenvalue weighted by atomic mass is 10.2. The molecule has 0 unspecified atom stereocenters. The van der Waals surface area contributed by atoms with Gasteiger partial charge in [0.2, 0.25) is 0 Å². The molecule has 0 saturated heterocycles. The lowest BCUT2D eigenvalue weighted by molar-refractivity contribution is 0.280. The number of nitrogens with one attached hydrogen (secondary N) is 1. The Morgan fingerprint density at radius 2 is 2.16 bits per heavy atom. The Labute approximate surface area is 115 Å². The average molecular weight is 261 g/mol. The molecule has 0 atom stereocenters. The maximum absolute atomic E-state index is 5.71. The van der Waals surface area contributed by atoms with E-state index in [1.807, 2.05) is 19.1 Å². The van der Waals surface area contributed by atoms with Crippen LogP contribution in [0.3, 0.4) is 0 Å². The number of benzene rings is 1. The summed E-state index contributed by atoms with van der Waals surface area (Å²) in [5.41, 5.74) is 1.24. The second-order valence-electron chi connectivity index (χ2n) is 4.80. The van der Waals surface area contributed by atoms with E-state index in [4.69, 9.17) is 9.47 Å². The van der Waals surface area contributed by atoms with Crippen LogP contribution in [0.25, 0.3) is 0 Å². The van der Waals surface area contributed by atoms with E-state index in [1.54, 1.807) is 0 Å². The van der Waals surface area contributed by atoms with Gasteiger partial charge in [0.05, 0.1) is 13.2 Å². The van der Waals surface area contributed by atoms with Crippen LogP contribution < -0.4 is 14.8 Å². The van der Waals surface area contributed by atoms with Crippen molar-refractivity contribution in [3.63, 3.8) is 0 Å². The monoisotopic (exact) mass is 261 g/mol. The quantitative estimate of drug-likeness (QED) is 0.546. The largest absolute Gasteiger partial charge is 0.490 e. The van der Waals surface area contributed by atoms with Crippen molar-refractivity contribution in [3.8, 4) is 11.5 Å². The zero-order valence-corrected chi connectivity index (χ0v) is 11.7. The lowest BCUT2D eigenvalue weighted by Crippen LogP contribution is -2.15. The van der Waals surface area contributed by atoms with E-state index in [-0.39, 0.29) is 0 Å². The summed E-state index contributed by atoms with van der Waals surface area (Å²) in [5, 5.41) is 3.50. The van der Waals surface area contributed by atoms with Crippen molar-refractivity contribution in [1.82, 2.24) is 5.32 Å². The SMILES string of the molecule is C=CCCOc1ccc(CNC2CC2)cc1OCC. The van der Waals surface area contributed by atoms with Crippen LogP contribution in [0.2, 0.25) is 0 Å². The van der Waals surface area contributed by atoms with Gasteiger partial charge in [0, 0.05) is 12.6 Å². The topological polar surface area (TPSA) is 30.5 Å². The van der Waals surface area contributed by atoms with Gasteiger partial charge in [0.1, 0.15) is 0 Å². The zero-order valence-electron chi connectivity index (χ0n) is 11.7. The molecule has 1 aliphatic carbocycles. The molecule has 19 heavy (non-hydrogen) atoms. The molecule has 0 bridgehead atoms. The Bertz CT molecular complexity index is 413. The molecule has 104 valence electrons. The van der Waals surface area contributed by atoms with Gasteiger partial charge in [0.25, 0.3) is 0 Å². The molecule has 2 rings (SSSR count). The maximum Gasteiger partial charge on any atom is 0.161 e. The predicted octanol–water partition coefficient (Wildman–Crippen LogP) is 3.29. The third-order valence-electron chi connectivity index (χ3n) is 3.06. The minimum absolute atomic E-state index is 0.642. The van der Waals surface area contributed by atoms with Gasteiger partial charge in [-0.15, -0.1) is 6.58 Å². The smallest absolute Gasteiger partial charge is 0.161 e. The zero-order chi connectivity index (χ0) is 13.5. The number of hydrogen-bond acceptors (Lipinski definition) is 3. The third-order valence-corrected chi connectivity index (χ3v) is 3.06. The van der Waals surface area contributed by atoms with Crippen LogP contribution in [0.15, 0.2) is 30.9 Å². The minimum Gasteiger partial charge on any atom is -0.490 e. The Morgan fingerprint density at radius 3 is 2.84 bits per heavy atom. The van der Waals surface area contributed by atoms with Crippen molar-refractivity contribution >= 4 is 0 Å². The number of hydrogen-bond donors (Lipinski definition) is 1. The molecule has 3 heteroatoms. The van der Waals surface area contributed by atoms with Gasteiger partial charge < -0.3 is 14.8 Å². The fourth-order valence-corrected chi connectivity index (χ4v) is 1.85. The fourth-order valence-electron chi connectivity index (χ4n) is 1.85. The number of ether oxygens (including phenoxy) is 2. The summed E-state index contributed by atoms with van der Waals surface area (Å²) in [6.45, 7) is 7.87. The first-order valence-corrected chi connectivity index (χ1v) is 7.06. The Kier molecular flexibility index (Phi) is 5.28. The summed E-state index contributed by atoms with van der Waals surface area (Å²) in [4.78, 5) is 0. The molecular weight excluding hydrogens is 238 g/mol. The van der Waals surface area contributed by atoms with E-state index >= 15 is 0 Å². The van der Waals surface area contributed by atoms with Crippen molar-refractivity contribution in [2.45, 2.75) is 38.8 Å². The van der Waals surface area contributed by atoms with Gasteiger partial charge in [0.15, 0.2) is 11.5 Å². The first-order chi connectivity index (χ1) is 9.33. The highest BCUT2D eigenvalue weighted by Gasteiger charge is 2.20. The predicted molar refractivity (Wildman–Crippen MR) is 77.8 cm³/mol. The van der Waals surface area contributed by atoms with Gasteiger partial charge in [-0.3, -0.25) is 0 Å². The van der Waals surface area contributed by atoms with Gasteiger partial charge in [-0.25, -0.2) is 0 Å². The maximum atomic E-state index is 5.71. The van der Waals surface area contributed by atoms with E-state index < -0.39 is 0 Å². The highest BCUT2D eigenvalue weighted by molar-refractivity contribution is 5.43. The molecule has 3 nitrogen and oxygen atoms in total. The van der Waals surface area contributed by atoms with E-state index in [2.05, 4.69) is 24.0 Å². The second kappa shape index (κ2) is 7.19. The highest BCUT2D eigenvalue weighted by atomic mass is 16.5. The third kappa shape index (κ3) is 4.60. The van der Waals surface area contributed by atoms with Crippen molar-refractivity contribution in [3.05, 3.63) is 36.4 Å². The molecule has 0 amide bonds. The summed E-state index contributed by atoms with van der Waals surface area (Å²) < 4.78 is 11.4. The van der Waals surface area contributed by atoms with Gasteiger partial charge >= 0.3 is 0 Å². The Morgan fingerprint density at radius 1 is 1.32 bits per heavy atom. The highest BCUT2D eigenvalue weighted by Crippen LogP contribution is 2.29. The van der Waals surface area contributed by atoms with E-state index in [0.717, 1.165) is 30.5 Å². The first-order valence-electron chi connectivity index (χ1n) is 7.06. The molecule has 0 spiro atoms.